The van der Waals surface area contributed by atoms with E-state index >= 15 is 0 Å². The van der Waals surface area contributed by atoms with E-state index in [0.717, 1.165) is 13.3 Å². The van der Waals surface area contributed by atoms with Crippen LogP contribution in [0.15, 0.2) is 12.7 Å². The number of esters is 1. The van der Waals surface area contributed by atoms with Crippen LogP contribution in [0.2, 0.25) is 0 Å². The quantitative estimate of drug-likeness (QED) is 0.107. The van der Waals surface area contributed by atoms with Gasteiger partial charge in [0.15, 0.2) is 30.1 Å². The van der Waals surface area contributed by atoms with E-state index in [0.29, 0.717) is 0 Å². The number of nitrogens with zero attached hydrogens (tertiary/aromatic N) is 4. The fourth-order valence-corrected chi connectivity index (χ4v) is 5.93. The standard InChI is InChI=1S/C17H25N5O15P2/c1-6(23)34-13-11(25)8(36-17(13)27)3-33-39(30,31)37-38(28,29)32-2-7-10(24)12(26)16(35-7)22-5-21-9-14(18)19-4-20-15(9)22/h4-5,7-8,10-13,16-17,24-27H,2-3H2,1H3,(H,28,29)(H,30,31)(H2,18,19,20)/t7-,8-,10?,11?,12?,13+,16-,17?/m1/s1. The van der Waals surface area contributed by atoms with Crippen molar-refractivity contribution in [2.24, 2.45) is 0 Å². The minimum atomic E-state index is -5.35. The number of aliphatic hydroxyl groups excluding tert-OH is 4. The molecule has 22 heteroatoms. The molecule has 4 rings (SSSR count). The first-order valence-electron chi connectivity index (χ1n) is 11.0. The molecule has 0 radical (unpaired) electrons. The predicted molar refractivity (Wildman–Crippen MR) is 121 cm³/mol. The highest BCUT2D eigenvalue weighted by Gasteiger charge is 2.48. The molecule has 0 aromatic carbocycles. The highest BCUT2D eigenvalue weighted by Crippen LogP contribution is 2.60. The average molecular weight is 601 g/mol. The van der Waals surface area contributed by atoms with Crippen LogP contribution < -0.4 is 5.73 Å². The molecule has 218 valence electrons. The summed E-state index contributed by atoms with van der Waals surface area (Å²) in [6.45, 7) is -0.818. The molecule has 2 saturated heterocycles. The number of nitrogen functional groups attached to an aromatic ring is 1. The molecule has 0 amide bonds. The summed E-state index contributed by atoms with van der Waals surface area (Å²) in [6, 6.07) is 0. The maximum Gasteiger partial charge on any atom is 0.481 e. The number of aliphatic hydroxyl groups is 4. The van der Waals surface area contributed by atoms with Crippen molar-refractivity contribution in [1.29, 1.82) is 0 Å². The molecule has 2 aromatic heterocycles. The summed E-state index contributed by atoms with van der Waals surface area (Å²) in [6.07, 6.45) is -10.0. The lowest BCUT2D eigenvalue weighted by atomic mass is 10.1. The van der Waals surface area contributed by atoms with Gasteiger partial charge < -0.3 is 50.2 Å². The van der Waals surface area contributed by atoms with Crippen molar-refractivity contribution >= 4 is 38.6 Å². The molecule has 2 aromatic rings. The Morgan fingerprint density at radius 2 is 1.62 bits per heavy atom. The number of ether oxygens (including phenoxy) is 3. The van der Waals surface area contributed by atoms with Gasteiger partial charge in [0.1, 0.15) is 42.4 Å². The number of phosphoric acid groups is 2. The van der Waals surface area contributed by atoms with Crippen molar-refractivity contribution in [1.82, 2.24) is 19.5 Å². The third-order valence-electron chi connectivity index (χ3n) is 5.62. The van der Waals surface area contributed by atoms with Gasteiger partial charge in [0, 0.05) is 6.92 Å². The molecule has 20 nitrogen and oxygen atoms in total. The van der Waals surface area contributed by atoms with E-state index in [9.17, 15) is 44.1 Å². The minimum absolute atomic E-state index is 0.0510. The van der Waals surface area contributed by atoms with Gasteiger partial charge in [0.25, 0.3) is 0 Å². The minimum Gasteiger partial charge on any atom is -0.454 e. The third-order valence-corrected chi connectivity index (χ3v) is 8.23. The molecule has 0 saturated carbocycles. The number of phosphoric ester groups is 2. The highest BCUT2D eigenvalue weighted by molar-refractivity contribution is 7.61. The lowest BCUT2D eigenvalue weighted by Gasteiger charge is -2.20. The van der Waals surface area contributed by atoms with Crippen molar-refractivity contribution in [3.8, 4) is 0 Å². The second-order valence-electron chi connectivity index (χ2n) is 8.37. The average Bonchev–Trinajstić information content (AvgIpc) is 3.47. The molecule has 10 atom stereocenters. The SMILES string of the molecule is CC(=O)O[C@@H]1C(O)O[C@H](COP(=O)(O)OP(=O)(O)OC[C@H]2O[C@@H](n3cnc4c(N)ncnc43)C(O)C2O)C1O. The van der Waals surface area contributed by atoms with Crippen LogP contribution in [0.5, 0.6) is 0 Å². The number of fused-ring (bicyclic) bond motifs is 1. The van der Waals surface area contributed by atoms with Crippen molar-refractivity contribution in [2.45, 2.75) is 56.1 Å². The van der Waals surface area contributed by atoms with Crippen LogP contribution in [-0.2, 0) is 41.5 Å². The largest absolute Gasteiger partial charge is 0.481 e. The van der Waals surface area contributed by atoms with Gasteiger partial charge in [-0.05, 0) is 0 Å². The number of rotatable bonds is 10. The first-order chi connectivity index (χ1) is 18.2. The van der Waals surface area contributed by atoms with E-state index in [4.69, 9.17) is 15.2 Å². The molecule has 4 heterocycles. The molecule has 2 aliphatic rings. The van der Waals surface area contributed by atoms with E-state index in [2.05, 4.69) is 33.0 Å². The van der Waals surface area contributed by atoms with Crippen LogP contribution in [0.3, 0.4) is 0 Å². The van der Waals surface area contributed by atoms with Crippen LogP contribution >= 0.6 is 15.6 Å². The summed E-state index contributed by atoms with van der Waals surface area (Å²) >= 11 is 0. The summed E-state index contributed by atoms with van der Waals surface area (Å²) < 4.78 is 54.1. The Morgan fingerprint density at radius 1 is 1.00 bits per heavy atom. The smallest absolute Gasteiger partial charge is 0.454 e. The van der Waals surface area contributed by atoms with Gasteiger partial charge in [-0.15, -0.1) is 0 Å². The summed E-state index contributed by atoms with van der Waals surface area (Å²) in [7, 11) is -10.7. The van der Waals surface area contributed by atoms with E-state index in [1.54, 1.807) is 0 Å². The molecule has 0 spiro atoms. The fourth-order valence-electron chi connectivity index (χ4n) is 3.84. The highest BCUT2D eigenvalue weighted by atomic mass is 31.3. The number of imidazole rings is 1. The number of anilines is 1. The maximum absolute atomic E-state index is 12.3. The lowest BCUT2D eigenvalue weighted by molar-refractivity contribution is -0.170. The van der Waals surface area contributed by atoms with Crippen molar-refractivity contribution in [2.75, 3.05) is 18.9 Å². The Morgan fingerprint density at radius 3 is 2.23 bits per heavy atom. The lowest BCUT2D eigenvalue weighted by Crippen LogP contribution is -2.37. The molecular weight excluding hydrogens is 576 g/mol. The van der Waals surface area contributed by atoms with Gasteiger partial charge in [-0.3, -0.25) is 18.4 Å². The van der Waals surface area contributed by atoms with E-state index in [1.165, 1.54) is 10.9 Å². The van der Waals surface area contributed by atoms with Crippen molar-refractivity contribution < 1.29 is 71.7 Å². The summed E-state index contributed by atoms with van der Waals surface area (Å²) in [5.74, 6) is -0.792. The first kappa shape index (κ1) is 29.8. The number of aromatic nitrogens is 4. The van der Waals surface area contributed by atoms with Crippen LogP contribution in [0.1, 0.15) is 13.2 Å². The number of hydrogen-bond donors (Lipinski definition) is 7. The van der Waals surface area contributed by atoms with Gasteiger partial charge in [-0.1, -0.05) is 0 Å². The summed E-state index contributed by atoms with van der Waals surface area (Å²) in [5, 5.41) is 40.5. The van der Waals surface area contributed by atoms with Gasteiger partial charge >= 0.3 is 21.6 Å². The van der Waals surface area contributed by atoms with E-state index in [-0.39, 0.29) is 17.0 Å². The Kier molecular flexibility index (Phi) is 8.70. The molecule has 6 unspecified atom stereocenters. The van der Waals surface area contributed by atoms with Crippen LogP contribution in [0, 0.1) is 0 Å². The molecule has 2 fully saturated rings. The van der Waals surface area contributed by atoms with E-state index < -0.39 is 84.0 Å². The maximum atomic E-state index is 12.3. The molecule has 39 heavy (non-hydrogen) atoms. The Labute approximate surface area is 218 Å². The summed E-state index contributed by atoms with van der Waals surface area (Å²) in [5.41, 5.74) is 6.08. The van der Waals surface area contributed by atoms with Crippen molar-refractivity contribution in [3.63, 3.8) is 0 Å². The zero-order valence-corrected chi connectivity index (χ0v) is 21.6. The Bertz CT molecular complexity index is 1300. The van der Waals surface area contributed by atoms with Crippen LogP contribution in [0.4, 0.5) is 5.82 Å². The molecular formula is C17H25N5O15P2. The Balaban J connectivity index is 1.32. The Hall–Kier alpha value is -2.16. The number of hydrogen-bond acceptors (Lipinski definition) is 17. The number of carbonyl (C=O) groups excluding carboxylic acids is 1. The predicted octanol–water partition coefficient (Wildman–Crippen LogP) is -2.71. The van der Waals surface area contributed by atoms with Crippen LogP contribution in [0.25, 0.3) is 11.2 Å². The molecule has 8 N–H and O–H groups in total. The van der Waals surface area contributed by atoms with Crippen LogP contribution in [-0.4, -0.2) is 112 Å². The second-order valence-corrected chi connectivity index (χ2v) is 11.4. The number of carbonyl (C=O) groups is 1. The van der Waals surface area contributed by atoms with Gasteiger partial charge in [-0.2, -0.15) is 4.31 Å². The third kappa shape index (κ3) is 6.60. The zero-order chi connectivity index (χ0) is 28.7. The van der Waals surface area contributed by atoms with E-state index in [1.807, 2.05) is 0 Å². The monoisotopic (exact) mass is 601 g/mol. The fraction of sp³-hybridized carbons (Fsp3) is 0.647. The normalized spacial score (nSPS) is 34.1. The molecule has 0 aliphatic carbocycles. The van der Waals surface area contributed by atoms with Gasteiger partial charge in [0.2, 0.25) is 0 Å². The zero-order valence-electron chi connectivity index (χ0n) is 19.8. The van der Waals surface area contributed by atoms with Crippen molar-refractivity contribution in [3.05, 3.63) is 12.7 Å². The second kappa shape index (κ2) is 11.4. The number of nitrogens with two attached hydrogens (primary N) is 1. The van der Waals surface area contributed by atoms with Gasteiger partial charge in [-0.25, -0.2) is 24.1 Å². The first-order valence-corrected chi connectivity index (χ1v) is 14.0. The van der Waals surface area contributed by atoms with Gasteiger partial charge in [0.05, 0.1) is 19.5 Å². The topological polar surface area (TPSA) is 298 Å². The summed E-state index contributed by atoms with van der Waals surface area (Å²) in [4.78, 5) is 42.5. The molecule has 0 bridgehead atoms. The molecule has 2 aliphatic heterocycles.